The van der Waals surface area contributed by atoms with Gasteiger partial charge in [0, 0.05) is 6.54 Å². The van der Waals surface area contributed by atoms with Crippen LogP contribution in [0.5, 0.6) is 11.5 Å². The fourth-order valence-electron chi connectivity index (χ4n) is 3.15. The van der Waals surface area contributed by atoms with E-state index in [1.165, 1.54) is 7.11 Å². The van der Waals surface area contributed by atoms with Crippen LogP contribution >= 0.6 is 0 Å². The summed E-state index contributed by atoms with van der Waals surface area (Å²) >= 11 is 0. The van der Waals surface area contributed by atoms with Gasteiger partial charge in [0.25, 0.3) is 0 Å². The zero-order valence-corrected chi connectivity index (χ0v) is 15.8. The van der Waals surface area contributed by atoms with E-state index < -0.39 is 6.10 Å². The lowest BCUT2D eigenvalue weighted by Crippen LogP contribution is -2.41. The molecule has 0 radical (unpaired) electrons. The Labute approximate surface area is 154 Å². The summed E-state index contributed by atoms with van der Waals surface area (Å²) in [6.45, 7) is 2.76. The molecule has 1 N–H and O–H groups in total. The molecule has 26 heavy (non-hydrogen) atoms. The van der Waals surface area contributed by atoms with Gasteiger partial charge >= 0.3 is 5.97 Å². The van der Waals surface area contributed by atoms with Gasteiger partial charge in [-0.1, -0.05) is 6.07 Å². The maximum absolute atomic E-state index is 11.5. The number of methoxy groups -OCH3 is 3. The molecule has 1 aromatic rings. The van der Waals surface area contributed by atoms with Gasteiger partial charge in [0.15, 0.2) is 11.5 Å². The molecule has 1 aromatic carbocycles. The fourth-order valence-corrected chi connectivity index (χ4v) is 3.15. The largest absolute Gasteiger partial charge is 0.493 e. The molecule has 0 aliphatic carbocycles. The first-order chi connectivity index (χ1) is 12.6. The molecule has 1 aliphatic heterocycles. The number of β-amino-alcohol motifs (C(OH)–C–C–N with tert-alkyl or cyclic N) is 1. The van der Waals surface area contributed by atoms with Crippen LogP contribution < -0.4 is 9.47 Å². The molecule has 1 atom stereocenters. The Morgan fingerprint density at radius 1 is 1.19 bits per heavy atom. The molecule has 0 saturated carbocycles. The van der Waals surface area contributed by atoms with E-state index in [4.69, 9.17) is 18.9 Å². The highest BCUT2D eigenvalue weighted by Crippen LogP contribution is 2.27. The first-order valence-corrected chi connectivity index (χ1v) is 8.84. The van der Waals surface area contributed by atoms with Crippen molar-refractivity contribution >= 4 is 5.97 Å². The topological polar surface area (TPSA) is 77.5 Å². The van der Waals surface area contributed by atoms with E-state index in [-0.39, 0.29) is 18.5 Å². The van der Waals surface area contributed by atoms with E-state index in [1.54, 1.807) is 14.2 Å². The van der Waals surface area contributed by atoms with Gasteiger partial charge in [-0.15, -0.1) is 0 Å². The summed E-state index contributed by atoms with van der Waals surface area (Å²) in [4.78, 5) is 13.7. The zero-order chi connectivity index (χ0) is 18.9. The molecule has 0 aromatic heterocycles. The number of hydrogen-bond acceptors (Lipinski definition) is 7. The molecule has 146 valence electrons. The van der Waals surface area contributed by atoms with Crippen molar-refractivity contribution in [2.75, 3.05) is 47.6 Å². The van der Waals surface area contributed by atoms with Crippen molar-refractivity contribution < 1.29 is 28.8 Å². The average molecular weight is 367 g/mol. The highest BCUT2D eigenvalue weighted by molar-refractivity contribution is 5.72. The lowest BCUT2D eigenvalue weighted by atomic mass is 9.97. The summed E-state index contributed by atoms with van der Waals surface area (Å²) in [6.07, 6.45) is 0.974. The van der Waals surface area contributed by atoms with Crippen LogP contribution in [-0.2, 0) is 20.9 Å². The van der Waals surface area contributed by atoms with Crippen molar-refractivity contribution in [3.05, 3.63) is 23.8 Å². The summed E-state index contributed by atoms with van der Waals surface area (Å²) in [7, 11) is 4.61. The van der Waals surface area contributed by atoms with Crippen molar-refractivity contribution in [2.24, 2.45) is 5.92 Å². The van der Waals surface area contributed by atoms with Crippen LogP contribution in [0.3, 0.4) is 0 Å². The van der Waals surface area contributed by atoms with Gasteiger partial charge in [0.2, 0.25) is 0 Å². The molecule has 0 amide bonds. The van der Waals surface area contributed by atoms with Gasteiger partial charge in [0.1, 0.15) is 0 Å². The lowest BCUT2D eigenvalue weighted by molar-refractivity contribution is -0.147. The molecule has 7 nitrogen and oxygen atoms in total. The fraction of sp³-hybridized carbons (Fsp3) is 0.632. The molecule has 7 heteroatoms. The number of carbonyl (C=O) groups excluding carboxylic acids is 1. The maximum Gasteiger partial charge on any atom is 0.308 e. The smallest absolute Gasteiger partial charge is 0.308 e. The predicted molar refractivity (Wildman–Crippen MR) is 96.4 cm³/mol. The van der Waals surface area contributed by atoms with Gasteiger partial charge in [-0.05, 0) is 43.6 Å². The third-order valence-corrected chi connectivity index (χ3v) is 4.62. The summed E-state index contributed by atoms with van der Waals surface area (Å²) < 4.78 is 20.9. The van der Waals surface area contributed by atoms with Gasteiger partial charge in [-0.25, -0.2) is 0 Å². The highest BCUT2D eigenvalue weighted by atomic mass is 16.5. The average Bonchev–Trinajstić information content (AvgIpc) is 2.67. The maximum atomic E-state index is 11.5. The van der Waals surface area contributed by atoms with E-state index >= 15 is 0 Å². The minimum Gasteiger partial charge on any atom is -0.493 e. The Hall–Kier alpha value is -1.83. The van der Waals surface area contributed by atoms with Crippen LogP contribution in [0.2, 0.25) is 0 Å². The number of carbonyl (C=O) groups is 1. The number of hydrogen-bond donors (Lipinski definition) is 1. The summed E-state index contributed by atoms with van der Waals surface area (Å²) in [5, 5.41) is 10.2. The number of aliphatic hydroxyl groups excluding tert-OH is 1. The standard InChI is InChI=1S/C19H29NO6/c1-23-17-5-4-14(10-18(17)24-2)12-26-13-16(21)11-20-8-6-15(7-9-20)19(22)25-3/h4-5,10,15-16,21H,6-9,11-13H2,1-3H3. The predicted octanol–water partition coefficient (Wildman–Crippen LogP) is 1.47. The van der Waals surface area contributed by atoms with E-state index in [9.17, 15) is 9.90 Å². The van der Waals surface area contributed by atoms with E-state index in [2.05, 4.69) is 4.90 Å². The molecule has 0 spiro atoms. The Balaban J connectivity index is 1.69. The molecule has 2 rings (SSSR count). The van der Waals surface area contributed by atoms with Crippen LogP contribution in [0.15, 0.2) is 18.2 Å². The SMILES string of the molecule is COC(=O)C1CCN(CC(O)COCc2ccc(OC)c(OC)c2)CC1. The first-order valence-electron chi connectivity index (χ1n) is 8.84. The number of esters is 1. The Morgan fingerprint density at radius 3 is 2.50 bits per heavy atom. The third kappa shape index (κ3) is 5.86. The van der Waals surface area contributed by atoms with Crippen molar-refractivity contribution in [3.63, 3.8) is 0 Å². The summed E-state index contributed by atoms with van der Waals surface area (Å²) in [5.41, 5.74) is 0.953. The van der Waals surface area contributed by atoms with Gasteiger partial charge in [-0.3, -0.25) is 4.79 Å². The van der Waals surface area contributed by atoms with Crippen molar-refractivity contribution in [1.29, 1.82) is 0 Å². The van der Waals surface area contributed by atoms with E-state index in [0.717, 1.165) is 31.5 Å². The Kier molecular flexibility index (Phi) is 8.15. The van der Waals surface area contributed by atoms with Crippen LogP contribution in [0.1, 0.15) is 18.4 Å². The van der Waals surface area contributed by atoms with E-state index in [0.29, 0.717) is 24.7 Å². The summed E-state index contributed by atoms with van der Waals surface area (Å²) in [5.74, 6) is 1.17. The summed E-state index contributed by atoms with van der Waals surface area (Å²) in [6, 6.07) is 5.60. The monoisotopic (exact) mass is 367 g/mol. The van der Waals surface area contributed by atoms with Gasteiger partial charge in [-0.2, -0.15) is 0 Å². The van der Waals surface area contributed by atoms with Crippen LogP contribution in [0, 0.1) is 5.92 Å². The number of benzene rings is 1. The van der Waals surface area contributed by atoms with Crippen LogP contribution in [0.25, 0.3) is 0 Å². The number of rotatable bonds is 9. The lowest BCUT2D eigenvalue weighted by Gasteiger charge is -2.31. The van der Waals surface area contributed by atoms with Crippen LogP contribution in [0.4, 0.5) is 0 Å². The minimum atomic E-state index is -0.565. The number of likely N-dealkylation sites (tertiary alicyclic amines) is 1. The molecule has 1 heterocycles. The van der Waals surface area contributed by atoms with E-state index in [1.807, 2.05) is 18.2 Å². The molecule has 1 saturated heterocycles. The second-order valence-corrected chi connectivity index (χ2v) is 6.46. The van der Waals surface area contributed by atoms with Gasteiger partial charge < -0.3 is 29.0 Å². The Bertz CT molecular complexity index is 571. The molecule has 1 fully saturated rings. The van der Waals surface area contributed by atoms with Gasteiger partial charge in [0.05, 0.1) is 46.6 Å². The number of nitrogens with zero attached hydrogens (tertiary/aromatic N) is 1. The highest BCUT2D eigenvalue weighted by Gasteiger charge is 2.26. The first kappa shape index (κ1) is 20.5. The molecule has 1 unspecified atom stereocenters. The third-order valence-electron chi connectivity index (χ3n) is 4.62. The normalized spacial score (nSPS) is 16.9. The Morgan fingerprint density at radius 2 is 1.88 bits per heavy atom. The van der Waals surface area contributed by atoms with Crippen molar-refractivity contribution in [1.82, 2.24) is 4.90 Å². The molecule has 1 aliphatic rings. The number of piperidine rings is 1. The molecule has 0 bridgehead atoms. The molecular formula is C19H29NO6. The number of aliphatic hydroxyl groups is 1. The van der Waals surface area contributed by atoms with Crippen LogP contribution in [-0.4, -0.2) is 69.7 Å². The molecular weight excluding hydrogens is 338 g/mol. The zero-order valence-electron chi connectivity index (χ0n) is 15.8. The quantitative estimate of drug-likeness (QED) is 0.662. The number of ether oxygens (including phenoxy) is 4. The second-order valence-electron chi connectivity index (χ2n) is 6.46. The van der Waals surface area contributed by atoms with Crippen molar-refractivity contribution in [2.45, 2.75) is 25.6 Å². The second kappa shape index (κ2) is 10.4. The van der Waals surface area contributed by atoms with Crippen molar-refractivity contribution in [3.8, 4) is 11.5 Å². The minimum absolute atomic E-state index is 0.0188.